The Balaban J connectivity index is 0.0000212. The van der Waals surface area contributed by atoms with E-state index in [0.29, 0.717) is 0 Å². The quantitative estimate of drug-likeness (QED) is 0.0712. The minimum absolute atomic E-state index is 0. The third kappa shape index (κ3) is 26.0. The molecule has 1 rings (SSSR count). The van der Waals surface area contributed by atoms with Gasteiger partial charge in [0.1, 0.15) is 0 Å². The molecule has 1 aromatic carbocycles. The lowest BCUT2D eigenvalue weighted by Gasteiger charge is -2.32. The van der Waals surface area contributed by atoms with E-state index >= 15 is 0 Å². The zero-order chi connectivity index (χ0) is 33.4. The van der Waals surface area contributed by atoms with Gasteiger partial charge in [-0.3, -0.25) is 0 Å². The minimum Gasteiger partial charge on any atom is -0.321 e. The van der Waals surface area contributed by atoms with Crippen LogP contribution in [0.4, 0.5) is 0 Å². The fourth-order valence-corrected chi connectivity index (χ4v) is 7.66. The van der Waals surface area contributed by atoms with Crippen LogP contribution in [-0.2, 0) is 5.54 Å². The van der Waals surface area contributed by atoms with Gasteiger partial charge in [-0.25, -0.2) is 0 Å². The molecule has 0 radical (unpaired) electrons. The topological polar surface area (TPSA) is 26.0 Å². The van der Waals surface area contributed by atoms with Gasteiger partial charge < -0.3 is 5.73 Å². The molecule has 0 bridgehead atoms. The Morgan fingerprint density at radius 3 is 0.936 bits per heavy atom. The number of aryl methyl sites for hydroxylation is 1. The van der Waals surface area contributed by atoms with E-state index in [0.717, 1.165) is 12.8 Å². The predicted molar refractivity (Wildman–Crippen MR) is 217 cm³/mol. The first kappa shape index (κ1) is 46.5. The zero-order valence-corrected chi connectivity index (χ0v) is 33.6. The molecule has 0 fully saturated rings. The van der Waals surface area contributed by atoms with Crippen LogP contribution in [0.3, 0.4) is 0 Å². The summed E-state index contributed by atoms with van der Waals surface area (Å²) in [7, 11) is 0. The highest BCUT2D eigenvalue weighted by Gasteiger charge is 2.28. The summed E-state index contributed by atoms with van der Waals surface area (Å²) in [6.07, 6.45) is 47.9. The van der Waals surface area contributed by atoms with Crippen LogP contribution in [-0.4, -0.2) is 0 Å². The Morgan fingerprint density at radius 2 is 0.660 bits per heavy atom. The predicted octanol–water partition coefficient (Wildman–Crippen LogP) is 16.2. The van der Waals surface area contributed by atoms with E-state index in [1.807, 2.05) is 0 Å². The molecule has 0 heterocycles. The van der Waals surface area contributed by atoms with Gasteiger partial charge in [-0.2, -0.15) is 0 Å². The van der Waals surface area contributed by atoms with Crippen LogP contribution in [0.25, 0.3) is 0 Å². The normalized spacial score (nSPS) is 11.7. The number of unbranched alkanes of at least 4 members (excludes halogenated alkanes) is 30. The van der Waals surface area contributed by atoms with Crippen molar-refractivity contribution in [1.29, 1.82) is 0 Å². The molecule has 2 heteroatoms. The van der Waals surface area contributed by atoms with Crippen molar-refractivity contribution >= 4 is 12.4 Å². The summed E-state index contributed by atoms with van der Waals surface area (Å²) in [6.45, 7) is 9.17. The summed E-state index contributed by atoms with van der Waals surface area (Å²) in [4.78, 5) is 0. The number of halogens is 1. The van der Waals surface area contributed by atoms with Gasteiger partial charge >= 0.3 is 0 Å². The van der Waals surface area contributed by atoms with Gasteiger partial charge in [0.05, 0.1) is 0 Å². The summed E-state index contributed by atoms with van der Waals surface area (Å²) in [6, 6.07) is 6.82. The molecule has 0 spiro atoms. The van der Waals surface area contributed by atoms with Crippen molar-refractivity contribution in [3.8, 4) is 0 Å². The van der Waals surface area contributed by atoms with Crippen molar-refractivity contribution < 1.29 is 0 Å². The van der Waals surface area contributed by atoms with Crippen molar-refractivity contribution in [1.82, 2.24) is 0 Å². The largest absolute Gasteiger partial charge is 0.321 e. The van der Waals surface area contributed by atoms with Gasteiger partial charge in [-0.05, 0) is 43.4 Å². The highest BCUT2D eigenvalue weighted by molar-refractivity contribution is 5.85. The summed E-state index contributed by atoms with van der Waals surface area (Å²) < 4.78 is 0. The first-order valence-corrected chi connectivity index (χ1v) is 21.4. The van der Waals surface area contributed by atoms with E-state index in [1.54, 1.807) is 0 Å². The molecule has 1 nitrogen and oxygen atoms in total. The van der Waals surface area contributed by atoms with Crippen LogP contribution in [0.1, 0.15) is 249 Å². The SMILES string of the molecule is CCCCCCCCCCCCCCCCCCC(N)(CCCCCCCCCCCCCCCCCC)c1cccc(C)c1C.Cl. The highest BCUT2D eigenvalue weighted by atomic mass is 35.5. The molecular weight excluding hydrogens is 590 g/mol. The van der Waals surface area contributed by atoms with E-state index in [1.165, 1.54) is 222 Å². The van der Waals surface area contributed by atoms with Crippen molar-refractivity contribution in [2.45, 2.75) is 252 Å². The number of hydrogen-bond donors (Lipinski definition) is 1. The average Bonchev–Trinajstić information content (AvgIpc) is 3.05. The molecule has 0 amide bonds. The number of benzene rings is 1. The lowest BCUT2D eigenvalue weighted by molar-refractivity contribution is 0.341. The third-order valence-corrected chi connectivity index (χ3v) is 11.1. The maximum atomic E-state index is 7.31. The van der Waals surface area contributed by atoms with E-state index in [-0.39, 0.29) is 17.9 Å². The van der Waals surface area contributed by atoms with Gasteiger partial charge in [0, 0.05) is 5.54 Å². The molecule has 0 aliphatic heterocycles. The second kappa shape index (κ2) is 33.9. The number of rotatable bonds is 35. The van der Waals surface area contributed by atoms with Gasteiger partial charge in [0.25, 0.3) is 0 Å². The summed E-state index contributed by atoms with van der Waals surface area (Å²) >= 11 is 0. The molecule has 0 aliphatic carbocycles. The number of hydrogen-bond acceptors (Lipinski definition) is 1. The molecular formula is C45H86ClN. The van der Waals surface area contributed by atoms with Crippen LogP contribution in [0.2, 0.25) is 0 Å². The van der Waals surface area contributed by atoms with Gasteiger partial charge in [-0.15, -0.1) is 12.4 Å². The standard InChI is InChI=1S/C45H85N.ClH/c1-5-7-9-11-13-15-17-19-21-23-25-27-29-31-33-35-40-45(46,44-39-37-38-42(3)43(44)4)41-36-34-32-30-28-26-24-22-20-18-16-14-12-10-8-6-2;/h37-39H,5-36,40-41,46H2,1-4H3;1H. The Bertz CT molecular complexity index is 737. The van der Waals surface area contributed by atoms with Crippen molar-refractivity contribution in [3.05, 3.63) is 34.9 Å². The fourth-order valence-electron chi connectivity index (χ4n) is 7.66. The van der Waals surface area contributed by atoms with E-state index < -0.39 is 0 Å². The van der Waals surface area contributed by atoms with E-state index in [9.17, 15) is 0 Å². The van der Waals surface area contributed by atoms with Crippen LogP contribution in [0.5, 0.6) is 0 Å². The van der Waals surface area contributed by atoms with Crippen LogP contribution < -0.4 is 5.73 Å². The Hall–Kier alpha value is -0.530. The van der Waals surface area contributed by atoms with Crippen LogP contribution in [0.15, 0.2) is 18.2 Å². The highest BCUT2D eigenvalue weighted by Crippen LogP contribution is 2.34. The summed E-state index contributed by atoms with van der Waals surface area (Å²) in [5.74, 6) is 0. The van der Waals surface area contributed by atoms with Crippen molar-refractivity contribution in [2.24, 2.45) is 5.73 Å². The first-order chi connectivity index (χ1) is 22.5. The average molecular weight is 677 g/mol. The van der Waals surface area contributed by atoms with E-state index in [2.05, 4.69) is 45.9 Å². The monoisotopic (exact) mass is 676 g/mol. The molecule has 0 aliphatic rings. The second-order valence-corrected chi connectivity index (χ2v) is 15.5. The minimum atomic E-state index is -0.151. The van der Waals surface area contributed by atoms with Crippen molar-refractivity contribution in [2.75, 3.05) is 0 Å². The molecule has 0 aromatic heterocycles. The Labute approximate surface area is 303 Å². The maximum absolute atomic E-state index is 7.31. The van der Waals surface area contributed by atoms with Crippen LogP contribution >= 0.6 is 12.4 Å². The number of nitrogens with two attached hydrogens (primary N) is 1. The summed E-state index contributed by atoms with van der Waals surface area (Å²) in [5, 5.41) is 0. The molecule has 0 saturated carbocycles. The lowest BCUT2D eigenvalue weighted by Crippen LogP contribution is -2.37. The summed E-state index contributed by atoms with van der Waals surface area (Å²) in [5.41, 5.74) is 11.4. The molecule has 1 aromatic rings. The third-order valence-electron chi connectivity index (χ3n) is 11.1. The molecule has 2 N–H and O–H groups in total. The van der Waals surface area contributed by atoms with Gasteiger partial charge in [0.15, 0.2) is 0 Å². The zero-order valence-electron chi connectivity index (χ0n) is 32.8. The lowest BCUT2D eigenvalue weighted by atomic mass is 9.78. The van der Waals surface area contributed by atoms with Gasteiger partial charge in [0.2, 0.25) is 0 Å². The molecule has 0 unspecified atom stereocenters. The molecule has 47 heavy (non-hydrogen) atoms. The fraction of sp³-hybridized carbons (Fsp3) is 0.867. The Morgan fingerprint density at radius 1 is 0.404 bits per heavy atom. The smallest absolute Gasteiger partial charge is 0.0412 e. The molecule has 278 valence electrons. The van der Waals surface area contributed by atoms with Crippen molar-refractivity contribution in [3.63, 3.8) is 0 Å². The van der Waals surface area contributed by atoms with Crippen LogP contribution in [0, 0.1) is 13.8 Å². The van der Waals surface area contributed by atoms with Gasteiger partial charge in [-0.1, -0.05) is 238 Å². The first-order valence-electron chi connectivity index (χ1n) is 21.4. The second-order valence-electron chi connectivity index (χ2n) is 15.5. The van der Waals surface area contributed by atoms with E-state index in [4.69, 9.17) is 5.73 Å². The maximum Gasteiger partial charge on any atom is 0.0412 e. The Kier molecular flexibility index (Phi) is 33.6. The molecule has 0 atom stereocenters. The molecule has 0 saturated heterocycles.